The van der Waals surface area contributed by atoms with Crippen LogP contribution >= 0.6 is 0 Å². The second kappa shape index (κ2) is 7.68. The number of rotatable bonds is 5. The Labute approximate surface area is 151 Å². The van der Waals surface area contributed by atoms with Crippen LogP contribution in [0.5, 0.6) is 5.75 Å². The molecule has 5 heteroatoms. The molecule has 0 saturated carbocycles. The van der Waals surface area contributed by atoms with Crippen LogP contribution in [0.2, 0.25) is 0 Å². The Morgan fingerprint density at radius 1 is 1.08 bits per heavy atom. The summed E-state index contributed by atoms with van der Waals surface area (Å²) in [7, 11) is 0. The number of unbranched alkanes of at least 4 members (excludes halogenated alkanes) is 1. The van der Waals surface area contributed by atoms with E-state index in [2.05, 4.69) is 11.7 Å². The average molecular weight is 366 g/mol. The summed E-state index contributed by atoms with van der Waals surface area (Å²) in [5.74, 6) is 0.0609. The first-order chi connectivity index (χ1) is 12.4. The molecular weight excluding hydrogens is 344 g/mol. The van der Waals surface area contributed by atoms with E-state index in [1.807, 2.05) is 6.07 Å². The van der Waals surface area contributed by atoms with Crippen molar-refractivity contribution in [3.63, 3.8) is 0 Å². The van der Waals surface area contributed by atoms with Crippen molar-refractivity contribution in [3.8, 4) is 16.9 Å². The van der Waals surface area contributed by atoms with Gasteiger partial charge in [0, 0.05) is 5.56 Å². The van der Waals surface area contributed by atoms with Gasteiger partial charge in [-0.1, -0.05) is 50.5 Å². The van der Waals surface area contributed by atoms with Crippen molar-refractivity contribution in [2.24, 2.45) is 5.92 Å². The smallest absolute Gasteiger partial charge is 0.406 e. The van der Waals surface area contributed by atoms with Crippen LogP contribution in [0.15, 0.2) is 36.4 Å². The van der Waals surface area contributed by atoms with Crippen LogP contribution in [0.25, 0.3) is 11.1 Å². The molecule has 0 bridgehead atoms. The van der Waals surface area contributed by atoms with Crippen LogP contribution < -0.4 is 4.74 Å². The van der Waals surface area contributed by atoms with E-state index in [0.717, 1.165) is 30.4 Å². The van der Waals surface area contributed by atoms with Crippen LogP contribution in [0.1, 0.15) is 43.7 Å². The molecule has 3 rings (SSSR count). The van der Waals surface area contributed by atoms with E-state index in [9.17, 15) is 17.6 Å². The zero-order valence-electron chi connectivity index (χ0n) is 14.7. The van der Waals surface area contributed by atoms with Gasteiger partial charge in [0.1, 0.15) is 11.6 Å². The Kier molecular flexibility index (Phi) is 5.54. The highest BCUT2D eigenvalue weighted by Gasteiger charge is 2.31. The number of alkyl halides is 3. The van der Waals surface area contributed by atoms with Gasteiger partial charge in [0.2, 0.25) is 0 Å². The van der Waals surface area contributed by atoms with Crippen molar-refractivity contribution < 1.29 is 22.3 Å². The standard InChI is InChI=1S/C21H22F4O/c1-2-3-4-14-5-11-19-16(13-14)8-12-18(20(19)22)15-6-9-17(10-7-15)26-21(23,24)25/h6-10,12,14H,2-5,11,13H2,1H3. The Balaban J connectivity index is 1.80. The number of hydrogen-bond donors (Lipinski definition) is 0. The zero-order chi connectivity index (χ0) is 18.7. The van der Waals surface area contributed by atoms with Crippen molar-refractivity contribution in [2.45, 2.75) is 51.8 Å². The molecule has 0 amide bonds. The summed E-state index contributed by atoms with van der Waals surface area (Å²) in [5, 5.41) is 0. The molecule has 140 valence electrons. The molecule has 0 aromatic heterocycles. The Morgan fingerprint density at radius 3 is 2.46 bits per heavy atom. The van der Waals surface area contributed by atoms with Gasteiger partial charge in [0.25, 0.3) is 0 Å². The third kappa shape index (κ3) is 4.37. The van der Waals surface area contributed by atoms with Gasteiger partial charge >= 0.3 is 6.36 Å². The highest BCUT2D eigenvalue weighted by Crippen LogP contribution is 2.35. The molecule has 26 heavy (non-hydrogen) atoms. The van der Waals surface area contributed by atoms with Crippen LogP contribution in [-0.4, -0.2) is 6.36 Å². The molecule has 0 N–H and O–H groups in total. The van der Waals surface area contributed by atoms with Crippen molar-refractivity contribution in [2.75, 3.05) is 0 Å². The summed E-state index contributed by atoms with van der Waals surface area (Å²) in [4.78, 5) is 0. The first-order valence-corrected chi connectivity index (χ1v) is 9.04. The maximum atomic E-state index is 15.0. The first-order valence-electron chi connectivity index (χ1n) is 9.04. The topological polar surface area (TPSA) is 9.23 Å². The monoisotopic (exact) mass is 366 g/mol. The fourth-order valence-electron chi connectivity index (χ4n) is 3.68. The summed E-state index contributed by atoms with van der Waals surface area (Å²) in [6, 6.07) is 9.03. The van der Waals surface area contributed by atoms with E-state index in [1.54, 1.807) is 6.07 Å². The molecule has 0 heterocycles. The number of hydrogen-bond acceptors (Lipinski definition) is 1. The normalized spacial score (nSPS) is 17.0. The molecule has 0 saturated heterocycles. The number of ether oxygens (including phenoxy) is 1. The predicted octanol–water partition coefficient (Wildman–Crippen LogP) is 6.69. The summed E-state index contributed by atoms with van der Waals surface area (Å²) in [6.07, 6.45) is 1.44. The van der Waals surface area contributed by atoms with E-state index < -0.39 is 6.36 Å². The first kappa shape index (κ1) is 18.7. The molecule has 0 radical (unpaired) electrons. The minimum absolute atomic E-state index is 0.249. The second-order valence-electron chi connectivity index (χ2n) is 6.89. The molecule has 1 unspecified atom stereocenters. The minimum atomic E-state index is -4.73. The van der Waals surface area contributed by atoms with E-state index >= 15 is 0 Å². The van der Waals surface area contributed by atoms with Gasteiger partial charge in [-0.25, -0.2) is 4.39 Å². The third-order valence-corrected chi connectivity index (χ3v) is 5.02. The van der Waals surface area contributed by atoms with Gasteiger partial charge in [-0.05, 0) is 54.0 Å². The molecule has 0 spiro atoms. The minimum Gasteiger partial charge on any atom is -0.406 e. The Hall–Kier alpha value is -2.04. The molecule has 1 aliphatic rings. The van der Waals surface area contributed by atoms with Gasteiger partial charge in [0.15, 0.2) is 0 Å². The summed E-state index contributed by atoms with van der Waals surface area (Å²) >= 11 is 0. The summed E-state index contributed by atoms with van der Waals surface area (Å²) < 4.78 is 55.6. The van der Waals surface area contributed by atoms with Crippen molar-refractivity contribution in [1.82, 2.24) is 0 Å². The lowest BCUT2D eigenvalue weighted by atomic mass is 9.80. The SMILES string of the molecule is CCCCC1CCc2c(ccc(-c3ccc(OC(F)(F)F)cc3)c2F)C1. The van der Waals surface area contributed by atoms with Gasteiger partial charge in [-0.2, -0.15) is 0 Å². The molecule has 1 aliphatic carbocycles. The lowest BCUT2D eigenvalue weighted by molar-refractivity contribution is -0.274. The third-order valence-electron chi connectivity index (χ3n) is 5.02. The van der Waals surface area contributed by atoms with Gasteiger partial charge in [-0.15, -0.1) is 13.2 Å². The second-order valence-corrected chi connectivity index (χ2v) is 6.89. The fraction of sp³-hybridized carbons (Fsp3) is 0.429. The lowest BCUT2D eigenvalue weighted by Gasteiger charge is -2.25. The van der Waals surface area contributed by atoms with Gasteiger partial charge in [-0.3, -0.25) is 0 Å². The largest absolute Gasteiger partial charge is 0.573 e. The van der Waals surface area contributed by atoms with Gasteiger partial charge < -0.3 is 4.74 Å². The maximum absolute atomic E-state index is 15.0. The van der Waals surface area contributed by atoms with Crippen LogP contribution in [0, 0.1) is 11.7 Å². The summed E-state index contributed by atoms with van der Waals surface area (Å²) in [5.41, 5.74) is 2.80. The Morgan fingerprint density at radius 2 is 1.81 bits per heavy atom. The zero-order valence-corrected chi connectivity index (χ0v) is 14.7. The van der Waals surface area contributed by atoms with Gasteiger partial charge in [0.05, 0.1) is 0 Å². The average Bonchev–Trinajstić information content (AvgIpc) is 2.60. The number of benzene rings is 2. The van der Waals surface area contributed by atoms with Crippen molar-refractivity contribution in [3.05, 3.63) is 53.3 Å². The lowest BCUT2D eigenvalue weighted by Crippen LogP contribution is -2.17. The molecule has 1 nitrogen and oxygen atoms in total. The maximum Gasteiger partial charge on any atom is 0.573 e. The molecule has 2 aromatic rings. The van der Waals surface area contributed by atoms with Crippen LogP contribution in [0.4, 0.5) is 17.6 Å². The predicted molar refractivity (Wildman–Crippen MR) is 93.6 cm³/mol. The highest BCUT2D eigenvalue weighted by molar-refractivity contribution is 5.66. The molecule has 0 fully saturated rings. The van der Waals surface area contributed by atoms with E-state index in [-0.39, 0.29) is 11.6 Å². The molecule has 1 atom stereocenters. The molecular formula is C21H22F4O. The highest BCUT2D eigenvalue weighted by atomic mass is 19.4. The Bertz CT molecular complexity index is 750. The molecule has 2 aromatic carbocycles. The van der Waals surface area contributed by atoms with Crippen LogP contribution in [0.3, 0.4) is 0 Å². The summed E-state index contributed by atoms with van der Waals surface area (Å²) in [6.45, 7) is 2.17. The number of fused-ring (bicyclic) bond motifs is 1. The quantitative estimate of drug-likeness (QED) is 0.536. The van der Waals surface area contributed by atoms with Crippen molar-refractivity contribution in [1.29, 1.82) is 0 Å². The van der Waals surface area contributed by atoms with E-state index in [1.165, 1.54) is 43.5 Å². The van der Waals surface area contributed by atoms with E-state index in [4.69, 9.17) is 0 Å². The van der Waals surface area contributed by atoms with E-state index in [0.29, 0.717) is 17.0 Å². The molecule has 0 aliphatic heterocycles. The van der Waals surface area contributed by atoms with Crippen LogP contribution in [-0.2, 0) is 12.8 Å². The number of halogens is 4. The fourth-order valence-corrected chi connectivity index (χ4v) is 3.68. The van der Waals surface area contributed by atoms with Crippen molar-refractivity contribution >= 4 is 0 Å².